The summed E-state index contributed by atoms with van der Waals surface area (Å²) in [6.45, 7) is 3.56. The Balaban J connectivity index is 1.24. The van der Waals surface area contributed by atoms with Crippen LogP contribution in [-0.4, -0.2) is 35.3 Å². The van der Waals surface area contributed by atoms with Gasteiger partial charge in [0.15, 0.2) is 0 Å². The van der Waals surface area contributed by atoms with Gasteiger partial charge in [-0.05, 0) is 84.8 Å². The zero-order valence-corrected chi connectivity index (χ0v) is 18.7. The molecule has 2 aromatic heterocycles. The average Bonchev–Trinajstić information content (AvgIpc) is 3.56. The topological polar surface area (TPSA) is 37.6 Å². The van der Waals surface area contributed by atoms with E-state index in [0.717, 1.165) is 34.7 Å². The molecular weight excluding hydrogens is 414 g/mol. The number of rotatable bonds is 5. The van der Waals surface area contributed by atoms with Crippen molar-refractivity contribution in [1.82, 2.24) is 9.47 Å². The Labute approximate surface area is 191 Å². The predicted molar refractivity (Wildman–Crippen MR) is 133 cm³/mol. The standard InChI is InChI=1S/C27H25N3OS/c31-27-17-20(26-16-19-5-1-2-6-25(19)32-26)9-14-30(27)22-7-8-23-21(15-22)18-28-24(23)10-13-29-11-3-4-12-29/h1-2,5-9,14-18,24H,3-4,10-13H2. The number of fused-ring (bicyclic) bond motifs is 2. The fraction of sp³-hybridized carbons (Fsp3) is 0.259. The third-order valence-corrected chi connectivity index (χ3v) is 7.81. The van der Waals surface area contributed by atoms with Crippen LogP contribution in [0.1, 0.15) is 36.4 Å². The van der Waals surface area contributed by atoms with E-state index >= 15 is 0 Å². The molecule has 4 aromatic rings. The highest BCUT2D eigenvalue weighted by molar-refractivity contribution is 7.22. The Bertz CT molecular complexity index is 1340. The van der Waals surface area contributed by atoms with Crippen LogP contribution in [0, 0.1) is 0 Å². The average molecular weight is 440 g/mol. The molecule has 1 saturated heterocycles. The summed E-state index contributed by atoms with van der Waals surface area (Å²) in [5, 5.41) is 1.22. The number of likely N-dealkylation sites (tertiary alicyclic amines) is 1. The number of benzene rings is 2. The second-order valence-electron chi connectivity index (χ2n) is 8.72. The number of hydrogen-bond donors (Lipinski definition) is 0. The first kappa shape index (κ1) is 19.6. The molecule has 32 heavy (non-hydrogen) atoms. The first-order chi connectivity index (χ1) is 15.7. The molecule has 160 valence electrons. The Kier molecular flexibility index (Phi) is 5.01. The molecule has 0 amide bonds. The minimum atomic E-state index is -0.0135. The van der Waals surface area contributed by atoms with Crippen molar-refractivity contribution in [1.29, 1.82) is 0 Å². The van der Waals surface area contributed by atoms with Crippen LogP contribution >= 0.6 is 11.3 Å². The summed E-state index contributed by atoms with van der Waals surface area (Å²) >= 11 is 1.72. The van der Waals surface area contributed by atoms with E-state index in [-0.39, 0.29) is 11.6 Å². The summed E-state index contributed by atoms with van der Waals surface area (Å²) in [4.78, 5) is 21.4. The minimum absolute atomic E-state index is 0.0135. The Morgan fingerprint density at radius 3 is 2.72 bits per heavy atom. The lowest BCUT2D eigenvalue weighted by molar-refractivity contribution is 0.323. The molecule has 1 fully saturated rings. The van der Waals surface area contributed by atoms with Gasteiger partial charge < -0.3 is 4.90 Å². The molecule has 0 bridgehead atoms. The van der Waals surface area contributed by atoms with Crippen LogP contribution in [0.2, 0.25) is 0 Å². The third kappa shape index (κ3) is 3.61. The number of pyridine rings is 1. The van der Waals surface area contributed by atoms with Crippen molar-refractivity contribution in [2.45, 2.75) is 25.3 Å². The largest absolute Gasteiger partial charge is 0.303 e. The van der Waals surface area contributed by atoms with E-state index < -0.39 is 0 Å². The third-order valence-electron chi connectivity index (χ3n) is 6.65. The van der Waals surface area contributed by atoms with Crippen molar-refractivity contribution in [3.8, 4) is 16.1 Å². The number of aromatic nitrogens is 1. The fourth-order valence-electron chi connectivity index (χ4n) is 4.89. The van der Waals surface area contributed by atoms with Gasteiger partial charge in [-0.3, -0.25) is 14.4 Å². The quantitative estimate of drug-likeness (QED) is 0.401. The van der Waals surface area contributed by atoms with E-state index in [0.29, 0.717) is 0 Å². The van der Waals surface area contributed by atoms with Crippen molar-refractivity contribution >= 4 is 27.6 Å². The number of hydrogen-bond acceptors (Lipinski definition) is 4. The van der Waals surface area contributed by atoms with Gasteiger partial charge in [-0.25, -0.2) is 0 Å². The molecule has 4 nitrogen and oxygen atoms in total. The summed E-state index contributed by atoms with van der Waals surface area (Å²) in [5.74, 6) is 0. The molecule has 6 rings (SSSR count). The van der Waals surface area contributed by atoms with Crippen LogP contribution in [-0.2, 0) is 0 Å². The van der Waals surface area contributed by atoms with E-state index in [4.69, 9.17) is 4.99 Å². The van der Waals surface area contributed by atoms with Gasteiger partial charge in [0.05, 0.1) is 6.04 Å². The van der Waals surface area contributed by atoms with Crippen LogP contribution < -0.4 is 5.56 Å². The van der Waals surface area contributed by atoms with Crippen LogP contribution in [0.25, 0.3) is 26.2 Å². The first-order valence-corrected chi connectivity index (χ1v) is 12.2. The van der Waals surface area contributed by atoms with E-state index in [1.807, 2.05) is 24.5 Å². The lowest BCUT2D eigenvalue weighted by Gasteiger charge is -2.17. The van der Waals surface area contributed by atoms with Crippen molar-refractivity contribution in [3.63, 3.8) is 0 Å². The minimum Gasteiger partial charge on any atom is -0.303 e. The van der Waals surface area contributed by atoms with Crippen LogP contribution in [0.3, 0.4) is 0 Å². The molecular formula is C27H25N3OS. The molecule has 0 saturated carbocycles. The zero-order chi connectivity index (χ0) is 21.5. The molecule has 1 unspecified atom stereocenters. The second kappa shape index (κ2) is 8.15. The SMILES string of the molecule is O=c1cc(-c2cc3ccccc3s2)ccn1-c1ccc2c(c1)C=NC2CCN1CCCC1. The van der Waals surface area contributed by atoms with Crippen LogP contribution in [0.5, 0.6) is 0 Å². The highest BCUT2D eigenvalue weighted by Crippen LogP contribution is 2.33. The molecule has 2 aliphatic heterocycles. The lowest BCUT2D eigenvalue weighted by Crippen LogP contribution is -2.21. The molecule has 2 aromatic carbocycles. The van der Waals surface area contributed by atoms with Gasteiger partial charge in [-0.15, -0.1) is 11.3 Å². The van der Waals surface area contributed by atoms with Gasteiger partial charge in [0.2, 0.25) is 0 Å². The fourth-order valence-corrected chi connectivity index (χ4v) is 5.95. The lowest BCUT2D eigenvalue weighted by atomic mass is 10.0. The zero-order valence-electron chi connectivity index (χ0n) is 17.9. The maximum Gasteiger partial charge on any atom is 0.255 e. The van der Waals surface area contributed by atoms with E-state index in [1.165, 1.54) is 41.6 Å². The van der Waals surface area contributed by atoms with Crippen LogP contribution in [0.4, 0.5) is 0 Å². The van der Waals surface area contributed by atoms with Gasteiger partial charge in [0, 0.05) is 40.3 Å². The van der Waals surface area contributed by atoms with Gasteiger partial charge in [0.1, 0.15) is 0 Å². The van der Waals surface area contributed by atoms with Crippen molar-refractivity contribution < 1.29 is 0 Å². The molecule has 2 aliphatic rings. The Morgan fingerprint density at radius 1 is 1.00 bits per heavy atom. The summed E-state index contributed by atoms with van der Waals surface area (Å²) in [7, 11) is 0. The van der Waals surface area contributed by atoms with Crippen molar-refractivity contribution in [3.05, 3.63) is 88.3 Å². The molecule has 4 heterocycles. The Hall–Kier alpha value is -3.02. The normalized spacial score (nSPS) is 17.9. The monoisotopic (exact) mass is 439 g/mol. The van der Waals surface area contributed by atoms with Gasteiger partial charge in [-0.1, -0.05) is 24.3 Å². The molecule has 0 spiro atoms. The first-order valence-electron chi connectivity index (χ1n) is 11.4. The summed E-state index contributed by atoms with van der Waals surface area (Å²) < 4.78 is 2.96. The summed E-state index contributed by atoms with van der Waals surface area (Å²) in [6.07, 6.45) is 7.58. The van der Waals surface area contributed by atoms with Crippen LogP contribution in [0.15, 0.2) is 76.6 Å². The van der Waals surface area contributed by atoms with E-state index in [9.17, 15) is 4.79 Å². The van der Waals surface area contributed by atoms with Crippen molar-refractivity contribution in [2.75, 3.05) is 19.6 Å². The number of thiophene rings is 1. The maximum atomic E-state index is 13.0. The molecule has 0 radical (unpaired) electrons. The predicted octanol–water partition coefficient (Wildman–Crippen LogP) is 5.68. The van der Waals surface area contributed by atoms with E-state index in [2.05, 4.69) is 47.4 Å². The van der Waals surface area contributed by atoms with Gasteiger partial charge >= 0.3 is 0 Å². The highest BCUT2D eigenvalue weighted by atomic mass is 32.1. The van der Waals surface area contributed by atoms with E-state index in [1.54, 1.807) is 22.0 Å². The molecule has 5 heteroatoms. The van der Waals surface area contributed by atoms with Gasteiger partial charge in [-0.2, -0.15) is 0 Å². The van der Waals surface area contributed by atoms with Crippen molar-refractivity contribution in [2.24, 2.45) is 4.99 Å². The number of aliphatic imine (C=N–C) groups is 1. The maximum absolute atomic E-state index is 13.0. The second-order valence-corrected chi connectivity index (χ2v) is 9.80. The highest BCUT2D eigenvalue weighted by Gasteiger charge is 2.21. The number of nitrogens with zero attached hydrogens (tertiary/aromatic N) is 3. The smallest absolute Gasteiger partial charge is 0.255 e. The molecule has 0 aliphatic carbocycles. The summed E-state index contributed by atoms with van der Waals surface area (Å²) in [6, 6.07) is 20.8. The summed E-state index contributed by atoms with van der Waals surface area (Å²) in [5.41, 5.74) is 4.26. The van der Waals surface area contributed by atoms with Gasteiger partial charge in [0.25, 0.3) is 5.56 Å². The Morgan fingerprint density at radius 2 is 1.88 bits per heavy atom. The molecule has 0 N–H and O–H groups in total. The molecule has 1 atom stereocenters.